The van der Waals surface area contributed by atoms with Crippen molar-refractivity contribution in [1.82, 2.24) is 0 Å². The molecule has 1 unspecified atom stereocenters. The van der Waals surface area contributed by atoms with E-state index in [-0.39, 0.29) is 29.2 Å². The number of phenolic OH excluding ortho intramolecular Hbond substituents is 1. The molecule has 2 rings (SSSR count). The molecule has 6 heteroatoms. The van der Waals surface area contributed by atoms with E-state index in [1.807, 2.05) is 0 Å². The Morgan fingerprint density at radius 2 is 2.00 bits per heavy atom. The van der Waals surface area contributed by atoms with Crippen molar-refractivity contribution in [3.8, 4) is 5.75 Å². The van der Waals surface area contributed by atoms with Gasteiger partial charge in [0.05, 0.1) is 17.5 Å². The predicted octanol–water partition coefficient (Wildman–Crippen LogP) is 1.32. The van der Waals surface area contributed by atoms with Gasteiger partial charge in [-0.25, -0.2) is 8.42 Å². The number of aromatic hydroxyl groups is 1. The second-order valence-electron chi connectivity index (χ2n) is 4.69. The van der Waals surface area contributed by atoms with Gasteiger partial charge in [-0.3, -0.25) is 4.79 Å². The number of carbonyl (C=O) groups is 1. The van der Waals surface area contributed by atoms with Crippen LogP contribution in [0.25, 0.3) is 0 Å². The van der Waals surface area contributed by atoms with Crippen LogP contribution in [-0.2, 0) is 14.6 Å². The number of hydrogen-bond donors (Lipinski definition) is 1. The Hall–Kier alpha value is -1.56. The number of carbonyl (C=O) groups excluding carboxylic acids is 1. The van der Waals surface area contributed by atoms with Crippen molar-refractivity contribution in [3.05, 3.63) is 24.3 Å². The summed E-state index contributed by atoms with van der Waals surface area (Å²) in [5, 5.41) is 9.28. The molecule has 1 aromatic rings. The lowest BCUT2D eigenvalue weighted by Crippen LogP contribution is -2.41. The molecule has 0 saturated carbocycles. The molecule has 1 aromatic carbocycles. The number of sulfone groups is 1. The Labute approximate surface area is 112 Å². The third kappa shape index (κ3) is 3.07. The van der Waals surface area contributed by atoms with E-state index in [9.17, 15) is 18.3 Å². The highest BCUT2D eigenvalue weighted by Gasteiger charge is 2.34. The molecule has 1 amide bonds. The average molecular weight is 283 g/mol. The highest BCUT2D eigenvalue weighted by atomic mass is 32.2. The van der Waals surface area contributed by atoms with Crippen LogP contribution in [0.15, 0.2) is 24.3 Å². The number of benzene rings is 1. The maximum Gasteiger partial charge on any atom is 0.226 e. The second kappa shape index (κ2) is 5.21. The molecule has 1 aliphatic rings. The zero-order chi connectivity index (χ0) is 14.0. The van der Waals surface area contributed by atoms with Crippen molar-refractivity contribution in [2.24, 2.45) is 0 Å². The normalized spacial score (nSPS) is 21.2. The molecule has 0 aromatic heterocycles. The Bertz CT molecular complexity index is 565. The molecule has 1 atom stereocenters. The van der Waals surface area contributed by atoms with Crippen molar-refractivity contribution in [2.45, 2.75) is 25.8 Å². The third-order valence-corrected chi connectivity index (χ3v) is 5.02. The minimum absolute atomic E-state index is 0.0135. The third-order valence-electron chi connectivity index (χ3n) is 3.27. The minimum atomic E-state index is -3.04. The average Bonchev–Trinajstić information content (AvgIpc) is 2.72. The van der Waals surface area contributed by atoms with Crippen LogP contribution in [0.2, 0.25) is 0 Å². The summed E-state index contributed by atoms with van der Waals surface area (Å²) in [6.07, 6.45) is 0.784. The van der Waals surface area contributed by atoms with Gasteiger partial charge in [0.1, 0.15) is 5.75 Å². The monoisotopic (exact) mass is 283 g/mol. The molecule has 5 nitrogen and oxygen atoms in total. The first-order chi connectivity index (χ1) is 8.93. The Kier molecular flexibility index (Phi) is 3.80. The molecular weight excluding hydrogens is 266 g/mol. The summed E-state index contributed by atoms with van der Waals surface area (Å²) < 4.78 is 23.1. The lowest BCUT2D eigenvalue weighted by Gasteiger charge is -2.28. The molecule has 1 saturated heterocycles. The van der Waals surface area contributed by atoms with E-state index in [1.54, 1.807) is 24.0 Å². The zero-order valence-corrected chi connectivity index (χ0v) is 11.6. The van der Waals surface area contributed by atoms with Crippen LogP contribution in [0, 0.1) is 0 Å². The number of anilines is 1. The van der Waals surface area contributed by atoms with Crippen LogP contribution in [-0.4, -0.2) is 37.0 Å². The number of rotatable bonds is 3. The van der Waals surface area contributed by atoms with Crippen molar-refractivity contribution in [2.75, 3.05) is 16.4 Å². The van der Waals surface area contributed by atoms with Gasteiger partial charge in [0.15, 0.2) is 9.84 Å². The van der Waals surface area contributed by atoms with E-state index >= 15 is 0 Å². The van der Waals surface area contributed by atoms with Crippen LogP contribution >= 0.6 is 0 Å². The summed E-state index contributed by atoms with van der Waals surface area (Å²) >= 11 is 0. The SMILES string of the molecule is CCC(=O)N(c1ccc(O)cc1)C1CCS(=O)(=O)C1. The highest BCUT2D eigenvalue weighted by molar-refractivity contribution is 7.91. The summed E-state index contributed by atoms with van der Waals surface area (Å²) in [6, 6.07) is 5.95. The van der Waals surface area contributed by atoms with E-state index in [0.29, 0.717) is 18.5 Å². The molecule has 0 radical (unpaired) electrons. The van der Waals surface area contributed by atoms with E-state index in [1.165, 1.54) is 12.1 Å². The van der Waals surface area contributed by atoms with Gasteiger partial charge in [0.25, 0.3) is 0 Å². The van der Waals surface area contributed by atoms with Gasteiger partial charge in [-0.2, -0.15) is 0 Å². The van der Waals surface area contributed by atoms with Gasteiger partial charge in [0, 0.05) is 12.1 Å². The van der Waals surface area contributed by atoms with E-state index in [0.717, 1.165) is 0 Å². The molecular formula is C13H17NO4S. The molecule has 1 N–H and O–H groups in total. The number of nitrogens with zero attached hydrogens (tertiary/aromatic N) is 1. The smallest absolute Gasteiger partial charge is 0.226 e. The van der Waals surface area contributed by atoms with Crippen molar-refractivity contribution in [1.29, 1.82) is 0 Å². The first-order valence-corrected chi connectivity index (χ1v) is 8.06. The fourth-order valence-corrected chi connectivity index (χ4v) is 4.02. The minimum Gasteiger partial charge on any atom is -0.508 e. The molecule has 1 aliphatic heterocycles. The second-order valence-corrected chi connectivity index (χ2v) is 6.92. The quantitative estimate of drug-likeness (QED) is 0.908. The standard InChI is InChI=1S/C13H17NO4S/c1-2-13(16)14(10-3-5-12(15)6-4-10)11-7-8-19(17,18)9-11/h3-6,11,15H,2,7-9H2,1H3. The summed E-state index contributed by atoms with van der Waals surface area (Å²) in [5.74, 6) is 0.155. The fraction of sp³-hybridized carbons (Fsp3) is 0.462. The summed E-state index contributed by atoms with van der Waals surface area (Å²) in [5.41, 5.74) is 0.631. The summed E-state index contributed by atoms with van der Waals surface area (Å²) in [7, 11) is -3.04. The Morgan fingerprint density at radius 1 is 1.37 bits per heavy atom. The van der Waals surface area contributed by atoms with E-state index < -0.39 is 9.84 Å². The maximum absolute atomic E-state index is 12.1. The van der Waals surface area contributed by atoms with Gasteiger partial charge in [-0.1, -0.05) is 6.92 Å². The molecule has 0 spiro atoms. The first kappa shape index (κ1) is 13.9. The molecule has 104 valence electrons. The van der Waals surface area contributed by atoms with E-state index in [2.05, 4.69) is 0 Å². The largest absolute Gasteiger partial charge is 0.508 e. The molecule has 1 heterocycles. The molecule has 0 aliphatic carbocycles. The van der Waals surface area contributed by atoms with Gasteiger partial charge < -0.3 is 10.0 Å². The fourth-order valence-electron chi connectivity index (χ4n) is 2.32. The Morgan fingerprint density at radius 3 is 2.47 bits per heavy atom. The zero-order valence-electron chi connectivity index (χ0n) is 10.7. The maximum atomic E-state index is 12.1. The summed E-state index contributed by atoms with van der Waals surface area (Å²) in [4.78, 5) is 13.6. The van der Waals surface area contributed by atoms with Gasteiger partial charge >= 0.3 is 0 Å². The van der Waals surface area contributed by atoms with Gasteiger partial charge in [-0.05, 0) is 30.7 Å². The van der Waals surface area contributed by atoms with Crippen LogP contribution in [0.3, 0.4) is 0 Å². The Balaban J connectivity index is 2.32. The first-order valence-electron chi connectivity index (χ1n) is 6.24. The number of amides is 1. The van der Waals surface area contributed by atoms with E-state index in [4.69, 9.17) is 0 Å². The van der Waals surface area contributed by atoms with Crippen molar-refractivity contribution >= 4 is 21.4 Å². The van der Waals surface area contributed by atoms with Crippen molar-refractivity contribution in [3.63, 3.8) is 0 Å². The number of phenols is 1. The van der Waals surface area contributed by atoms with Crippen LogP contribution in [0.5, 0.6) is 5.75 Å². The van der Waals surface area contributed by atoms with Gasteiger partial charge in [0.2, 0.25) is 5.91 Å². The highest BCUT2D eigenvalue weighted by Crippen LogP contribution is 2.26. The van der Waals surface area contributed by atoms with Crippen LogP contribution in [0.1, 0.15) is 19.8 Å². The lowest BCUT2D eigenvalue weighted by molar-refractivity contribution is -0.118. The summed E-state index contributed by atoms with van der Waals surface area (Å²) in [6.45, 7) is 1.75. The van der Waals surface area contributed by atoms with Gasteiger partial charge in [-0.15, -0.1) is 0 Å². The predicted molar refractivity (Wildman–Crippen MR) is 72.9 cm³/mol. The van der Waals surface area contributed by atoms with Crippen LogP contribution < -0.4 is 4.90 Å². The van der Waals surface area contributed by atoms with Crippen molar-refractivity contribution < 1.29 is 18.3 Å². The lowest BCUT2D eigenvalue weighted by atomic mass is 10.1. The molecule has 1 fully saturated rings. The number of hydrogen-bond acceptors (Lipinski definition) is 4. The molecule has 0 bridgehead atoms. The molecule has 19 heavy (non-hydrogen) atoms. The van der Waals surface area contributed by atoms with Crippen LogP contribution in [0.4, 0.5) is 5.69 Å². The topological polar surface area (TPSA) is 74.7 Å².